The van der Waals surface area contributed by atoms with Gasteiger partial charge in [-0.3, -0.25) is 4.74 Å². The van der Waals surface area contributed by atoms with Gasteiger partial charge in [-0.15, -0.1) is 0 Å². The molecule has 0 N–H and O–H groups in total. The van der Waals surface area contributed by atoms with E-state index in [0.717, 1.165) is 0 Å². The van der Waals surface area contributed by atoms with Crippen molar-refractivity contribution in [1.29, 1.82) is 0 Å². The summed E-state index contributed by atoms with van der Waals surface area (Å²) in [6, 6.07) is 0. The lowest BCUT2D eigenvalue weighted by Crippen LogP contribution is -2.52. The highest BCUT2D eigenvalue weighted by Crippen LogP contribution is 2.49. The Hall–Kier alpha value is 0.700. The van der Waals surface area contributed by atoms with Crippen LogP contribution >= 0.6 is 46.4 Å². The van der Waals surface area contributed by atoms with Crippen molar-refractivity contribution in [2.75, 3.05) is 13.3 Å². The first kappa shape index (κ1) is 17.7. The van der Waals surface area contributed by atoms with Crippen LogP contribution in [0.1, 0.15) is 0 Å². The lowest BCUT2D eigenvalue weighted by molar-refractivity contribution is -0.202. The number of hydrogen-bond acceptors (Lipinski definition) is 1. The summed E-state index contributed by atoms with van der Waals surface area (Å²) < 4.78 is 70.7. The molecule has 0 saturated heterocycles. The Kier molecular flexibility index (Phi) is 5.59. The van der Waals surface area contributed by atoms with Gasteiger partial charge in [0.25, 0.3) is 9.04 Å². The normalized spacial score (nSPS) is 15.2. The Morgan fingerprint density at radius 1 is 0.706 bits per heavy atom. The summed E-state index contributed by atoms with van der Waals surface area (Å²) in [6.07, 6.45) is 0. The van der Waals surface area contributed by atoms with E-state index in [1.54, 1.807) is 0 Å². The van der Waals surface area contributed by atoms with Gasteiger partial charge in [-0.1, -0.05) is 46.4 Å². The van der Waals surface area contributed by atoms with Gasteiger partial charge in [0.15, 0.2) is 13.3 Å². The molecule has 0 amide bonds. The Morgan fingerprint density at radius 2 is 0.941 bits per heavy atom. The second-order valence-electron chi connectivity index (χ2n) is 2.81. The van der Waals surface area contributed by atoms with E-state index in [1.807, 2.05) is 0 Å². The molecule has 1 nitrogen and oxygen atoms in total. The molecule has 11 heteroatoms. The Morgan fingerprint density at radius 3 is 1.12 bits per heavy atom. The van der Waals surface area contributed by atoms with Gasteiger partial charge in [-0.25, -0.2) is 8.78 Å². The summed E-state index contributed by atoms with van der Waals surface area (Å²) in [7, 11) is 0. The maximum absolute atomic E-state index is 12.7. The maximum Gasteiger partial charge on any atom is 0.332 e. The van der Waals surface area contributed by atoms with Crippen molar-refractivity contribution in [3.63, 3.8) is 0 Å². The molecule has 0 aliphatic heterocycles. The van der Waals surface area contributed by atoms with E-state index in [0.29, 0.717) is 0 Å². The van der Waals surface area contributed by atoms with E-state index in [4.69, 9.17) is 46.4 Å². The molecule has 0 rings (SSSR count). The van der Waals surface area contributed by atoms with Crippen LogP contribution < -0.4 is 0 Å². The average molecular weight is 348 g/mol. The van der Waals surface area contributed by atoms with Crippen molar-refractivity contribution in [3.05, 3.63) is 0 Å². The van der Waals surface area contributed by atoms with Crippen LogP contribution in [-0.2, 0) is 4.74 Å². The zero-order chi connectivity index (χ0) is 14.1. The molecule has 0 fully saturated rings. The van der Waals surface area contributed by atoms with Crippen molar-refractivity contribution < 1.29 is 31.1 Å². The second-order valence-corrected chi connectivity index (χ2v) is 5.33. The van der Waals surface area contributed by atoms with Crippen LogP contribution in [0, 0.1) is 0 Å². The van der Waals surface area contributed by atoms with Crippen molar-refractivity contribution in [1.82, 2.24) is 0 Å². The Balaban J connectivity index is 5.07. The number of rotatable bonds is 6. The topological polar surface area (TPSA) is 9.23 Å². The molecule has 0 spiro atoms. The lowest BCUT2D eigenvalue weighted by atomic mass is 10.3. The molecule has 0 atom stereocenters. The standard InChI is InChI=1S/C6H4Cl4F6O/c7-5(8,3(13,14)1-11)17-6(9,10)4(15,16)2-12/h1-2H2. The molecule has 0 unspecified atom stereocenters. The quantitative estimate of drug-likeness (QED) is 0.508. The SMILES string of the molecule is FCC(F)(F)C(Cl)(Cl)OC(Cl)(Cl)C(F)(F)CF. The van der Waals surface area contributed by atoms with Crippen LogP contribution in [0.15, 0.2) is 0 Å². The largest absolute Gasteiger partial charge is 0.332 e. The smallest absolute Gasteiger partial charge is 0.300 e. The van der Waals surface area contributed by atoms with Gasteiger partial charge in [0, 0.05) is 0 Å². The molecule has 0 radical (unpaired) electrons. The highest BCUT2D eigenvalue weighted by molar-refractivity contribution is 6.51. The van der Waals surface area contributed by atoms with Gasteiger partial charge >= 0.3 is 11.8 Å². The molecule has 0 aromatic carbocycles. The van der Waals surface area contributed by atoms with Crippen molar-refractivity contribution >= 4 is 46.4 Å². The van der Waals surface area contributed by atoms with Gasteiger partial charge in [0.2, 0.25) is 0 Å². The fourth-order valence-corrected chi connectivity index (χ4v) is 1.29. The van der Waals surface area contributed by atoms with Gasteiger partial charge in [0.1, 0.15) is 0 Å². The summed E-state index contributed by atoms with van der Waals surface area (Å²) in [6.45, 7) is -4.85. The minimum absolute atomic E-state index is 2.43. The first-order valence-electron chi connectivity index (χ1n) is 3.66. The first-order valence-corrected chi connectivity index (χ1v) is 5.17. The third-order valence-electron chi connectivity index (χ3n) is 1.44. The van der Waals surface area contributed by atoms with Crippen molar-refractivity contribution in [2.24, 2.45) is 0 Å². The molecule has 0 bridgehead atoms. The minimum atomic E-state index is -4.57. The van der Waals surface area contributed by atoms with E-state index in [-0.39, 0.29) is 0 Å². The predicted molar refractivity (Wildman–Crippen MR) is 51.8 cm³/mol. The van der Waals surface area contributed by atoms with Crippen LogP contribution in [0.25, 0.3) is 0 Å². The highest BCUT2D eigenvalue weighted by atomic mass is 35.5. The van der Waals surface area contributed by atoms with Gasteiger partial charge in [-0.05, 0) is 0 Å². The summed E-state index contributed by atoms with van der Waals surface area (Å²) >= 11 is 19.2. The molecule has 17 heavy (non-hydrogen) atoms. The lowest BCUT2D eigenvalue weighted by Gasteiger charge is -2.35. The van der Waals surface area contributed by atoms with E-state index >= 15 is 0 Å². The van der Waals surface area contributed by atoms with Crippen molar-refractivity contribution in [3.8, 4) is 0 Å². The molecule has 0 aromatic rings. The summed E-state index contributed by atoms with van der Waals surface area (Å²) in [5.74, 6) is -9.14. The van der Waals surface area contributed by atoms with Gasteiger partial charge in [0.05, 0.1) is 0 Å². The Labute approximate surface area is 112 Å². The first-order chi connectivity index (χ1) is 7.33. The average Bonchev–Trinajstić information content (AvgIpc) is 2.15. The monoisotopic (exact) mass is 346 g/mol. The van der Waals surface area contributed by atoms with Gasteiger partial charge in [-0.2, -0.15) is 17.6 Å². The fraction of sp³-hybridized carbons (Fsp3) is 1.00. The molecule has 0 saturated carbocycles. The van der Waals surface area contributed by atoms with Crippen LogP contribution in [-0.4, -0.2) is 34.2 Å². The molecule has 0 aliphatic rings. The van der Waals surface area contributed by atoms with E-state index in [1.165, 1.54) is 0 Å². The molecule has 0 aliphatic carbocycles. The van der Waals surface area contributed by atoms with Crippen LogP contribution in [0.4, 0.5) is 26.3 Å². The number of halogens is 10. The van der Waals surface area contributed by atoms with Crippen molar-refractivity contribution in [2.45, 2.75) is 20.9 Å². The highest BCUT2D eigenvalue weighted by Gasteiger charge is 2.63. The predicted octanol–water partition coefficient (Wildman–Crippen LogP) is 4.48. The van der Waals surface area contributed by atoms with Gasteiger partial charge < -0.3 is 0 Å². The van der Waals surface area contributed by atoms with E-state index < -0.39 is 34.2 Å². The van der Waals surface area contributed by atoms with Crippen LogP contribution in [0.3, 0.4) is 0 Å². The minimum Gasteiger partial charge on any atom is -0.300 e. The fourth-order valence-electron chi connectivity index (χ4n) is 0.466. The molecule has 0 heterocycles. The van der Waals surface area contributed by atoms with E-state index in [9.17, 15) is 26.3 Å². The second kappa shape index (κ2) is 5.36. The molecular formula is C6H4Cl4F6O. The zero-order valence-corrected chi connectivity index (χ0v) is 10.6. The summed E-state index contributed by atoms with van der Waals surface area (Å²) in [5.41, 5.74) is 0. The molecule has 104 valence electrons. The zero-order valence-electron chi connectivity index (χ0n) is 7.60. The number of ether oxygens (including phenoxy) is 1. The summed E-state index contributed by atoms with van der Waals surface area (Å²) in [5, 5.41) is 0. The molecule has 0 aromatic heterocycles. The van der Waals surface area contributed by atoms with Crippen LogP contribution in [0.5, 0.6) is 0 Å². The van der Waals surface area contributed by atoms with Crippen LogP contribution in [0.2, 0.25) is 0 Å². The Bertz CT molecular complexity index is 245. The van der Waals surface area contributed by atoms with E-state index in [2.05, 4.69) is 4.74 Å². The summed E-state index contributed by atoms with van der Waals surface area (Å²) in [4.78, 5) is 0. The maximum atomic E-state index is 12.7. The third kappa shape index (κ3) is 3.83. The number of alkyl halides is 10. The third-order valence-corrected chi connectivity index (χ3v) is 2.86. The molecular weight excluding hydrogens is 344 g/mol. The number of hydrogen-bond donors (Lipinski definition) is 0.